The van der Waals surface area contributed by atoms with Gasteiger partial charge in [-0.25, -0.2) is 14.4 Å². The van der Waals surface area contributed by atoms with E-state index in [2.05, 4.69) is 24.1 Å². The number of hydrogen-bond acceptors (Lipinski definition) is 6. The number of nitrogens with one attached hydrogen (secondary N) is 1. The van der Waals surface area contributed by atoms with Crippen molar-refractivity contribution < 1.29 is 18.7 Å². The normalized spacial score (nSPS) is 11.8. The van der Waals surface area contributed by atoms with E-state index in [1.54, 1.807) is 32.5 Å². The zero-order valence-electron chi connectivity index (χ0n) is 25.9. The fraction of sp³-hybridized carbons (Fsp3) is 0.265. The van der Waals surface area contributed by atoms with Gasteiger partial charge >= 0.3 is 0 Å². The number of aryl methyl sites for hydroxylation is 1. The molecule has 5 aromatic rings. The third-order valence-corrected chi connectivity index (χ3v) is 8.85. The lowest BCUT2D eigenvalue weighted by Crippen LogP contribution is -2.34. The Morgan fingerprint density at radius 3 is 2.16 bits per heavy atom. The van der Waals surface area contributed by atoms with Crippen LogP contribution < -0.4 is 14.8 Å². The smallest absolute Gasteiger partial charge is 0.240 e. The van der Waals surface area contributed by atoms with Crippen LogP contribution in [0.5, 0.6) is 11.5 Å². The first-order valence-corrected chi connectivity index (χ1v) is 14.9. The predicted octanol–water partition coefficient (Wildman–Crippen LogP) is 7.36. The number of imidazole rings is 2. The summed E-state index contributed by atoms with van der Waals surface area (Å²) >= 11 is 1.34. The number of anilines is 1. The minimum atomic E-state index is -0.909. The highest BCUT2D eigenvalue weighted by atomic mass is 32.2. The molecule has 2 aromatic heterocycles. The molecule has 0 aliphatic heterocycles. The number of carbonyl (C=O) groups is 1. The summed E-state index contributed by atoms with van der Waals surface area (Å²) in [6.07, 6.45) is 5.46. The highest BCUT2D eigenvalue weighted by Gasteiger charge is 2.35. The Morgan fingerprint density at radius 1 is 0.886 bits per heavy atom. The van der Waals surface area contributed by atoms with Gasteiger partial charge in [0.1, 0.15) is 11.6 Å². The molecule has 0 spiro atoms. The highest BCUT2D eigenvalue weighted by molar-refractivity contribution is 8.01. The largest absolute Gasteiger partial charge is 0.493 e. The number of hydrogen-bond donors (Lipinski definition) is 1. The van der Waals surface area contributed by atoms with Crippen LogP contribution >= 0.6 is 11.8 Å². The number of benzene rings is 3. The number of amides is 1. The first-order chi connectivity index (χ1) is 20.9. The average molecular weight is 614 g/mol. The van der Waals surface area contributed by atoms with Crippen molar-refractivity contribution in [3.05, 3.63) is 108 Å². The molecule has 8 nitrogen and oxygen atoms in total. The van der Waals surface area contributed by atoms with E-state index in [0.29, 0.717) is 22.3 Å². The molecule has 10 heteroatoms. The molecule has 0 aliphatic rings. The molecular weight excluding hydrogens is 577 g/mol. The van der Waals surface area contributed by atoms with Crippen LogP contribution in [-0.2, 0) is 10.2 Å². The second-order valence-corrected chi connectivity index (χ2v) is 13.0. The SMILES string of the molecule is COc1ccc(C(C)(C)c2cnc(SC(C)(C)C(=O)Nc3ccc(-n4ccnc4C)cc3)n2-c2ccc(F)cc2)cc1OC. The average Bonchev–Trinajstić information content (AvgIpc) is 3.63. The molecule has 1 N–H and O–H groups in total. The molecule has 0 bridgehead atoms. The molecule has 1 amide bonds. The first kappa shape index (κ1) is 30.9. The lowest BCUT2D eigenvalue weighted by Gasteiger charge is -2.29. The van der Waals surface area contributed by atoms with Gasteiger partial charge in [-0.3, -0.25) is 9.36 Å². The summed E-state index contributed by atoms with van der Waals surface area (Å²) in [5, 5.41) is 3.65. The Kier molecular flexibility index (Phi) is 8.56. The summed E-state index contributed by atoms with van der Waals surface area (Å²) in [7, 11) is 3.21. The maximum absolute atomic E-state index is 14.0. The molecule has 0 radical (unpaired) electrons. The van der Waals surface area contributed by atoms with Gasteiger partial charge in [-0.1, -0.05) is 31.7 Å². The Balaban J connectivity index is 1.46. The maximum atomic E-state index is 14.0. The molecule has 5 rings (SSSR count). The minimum Gasteiger partial charge on any atom is -0.493 e. The van der Waals surface area contributed by atoms with E-state index in [0.717, 1.165) is 28.5 Å². The summed E-state index contributed by atoms with van der Waals surface area (Å²) in [5.74, 6) is 1.62. The van der Waals surface area contributed by atoms with Gasteiger partial charge in [0.15, 0.2) is 16.7 Å². The molecule has 3 aromatic carbocycles. The molecule has 0 saturated carbocycles. The Morgan fingerprint density at radius 2 is 1.55 bits per heavy atom. The first-order valence-electron chi connectivity index (χ1n) is 14.1. The van der Waals surface area contributed by atoms with Crippen LogP contribution in [0.1, 0.15) is 44.8 Å². The fourth-order valence-electron chi connectivity index (χ4n) is 4.97. The van der Waals surface area contributed by atoms with E-state index >= 15 is 0 Å². The highest BCUT2D eigenvalue weighted by Crippen LogP contribution is 2.41. The molecule has 0 aliphatic carbocycles. The van der Waals surface area contributed by atoms with Crippen LogP contribution in [0.25, 0.3) is 11.4 Å². The molecule has 0 unspecified atom stereocenters. The van der Waals surface area contributed by atoms with E-state index in [1.807, 2.05) is 84.8 Å². The number of thioether (sulfide) groups is 1. The van der Waals surface area contributed by atoms with Crippen LogP contribution in [0.2, 0.25) is 0 Å². The Labute approximate surface area is 261 Å². The van der Waals surface area contributed by atoms with Crippen molar-refractivity contribution in [1.82, 2.24) is 19.1 Å². The van der Waals surface area contributed by atoms with E-state index in [-0.39, 0.29) is 11.7 Å². The van der Waals surface area contributed by atoms with Gasteiger partial charge in [0, 0.05) is 34.9 Å². The molecule has 2 heterocycles. The van der Waals surface area contributed by atoms with Gasteiger partial charge in [0.2, 0.25) is 5.91 Å². The van der Waals surface area contributed by atoms with Gasteiger partial charge < -0.3 is 19.4 Å². The zero-order chi connectivity index (χ0) is 31.6. The standard InChI is InChI=1S/C34H36FN5O3S/c1-22-36-18-19-39(22)26-15-11-25(12-16-26)38-31(41)34(4,5)44-32-37-21-30(40(32)27-13-9-24(35)10-14-27)33(2,3)23-8-17-28(42-6)29(20-23)43-7/h8-21H,1-7H3,(H,38,41). The Bertz CT molecular complexity index is 1780. The van der Waals surface area contributed by atoms with Crippen molar-refractivity contribution >= 4 is 23.4 Å². The van der Waals surface area contributed by atoms with Crippen molar-refractivity contribution in [3.63, 3.8) is 0 Å². The second kappa shape index (κ2) is 12.2. The van der Waals surface area contributed by atoms with Crippen molar-refractivity contribution in [2.75, 3.05) is 19.5 Å². The molecule has 44 heavy (non-hydrogen) atoms. The fourth-order valence-corrected chi connectivity index (χ4v) is 5.97. The summed E-state index contributed by atoms with van der Waals surface area (Å²) in [5.41, 5.74) is 3.65. The summed E-state index contributed by atoms with van der Waals surface area (Å²) in [6, 6.07) is 19.7. The number of carbonyl (C=O) groups excluding carboxylic acids is 1. The van der Waals surface area contributed by atoms with E-state index < -0.39 is 10.2 Å². The van der Waals surface area contributed by atoms with Gasteiger partial charge in [-0.05, 0) is 87.0 Å². The number of nitrogens with zero attached hydrogens (tertiary/aromatic N) is 4. The Hall–Kier alpha value is -4.57. The van der Waals surface area contributed by atoms with Gasteiger partial charge in [-0.2, -0.15) is 0 Å². The summed E-state index contributed by atoms with van der Waals surface area (Å²) in [4.78, 5) is 22.7. The predicted molar refractivity (Wildman–Crippen MR) is 172 cm³/mol. The van der Waals surface area contributed by atoms with E-state index in [1.165, 1.54) is 23.9 Å². The van der Waals surface area contributed by atoms with Crippen LogP contribution in [0.3, 0.4) is 0 Å². The quantitative estimate of drug-likeness (QED) is 0.166. The summed E-state index contributed by atoms with van der Waals surface area (Å²) in [6.45, 7) is 9.84. The molecule has 0 atom stereocenters. The van der Waals surface area contributed by atoms with Crippen LogP contribution in [0.4, 0.5) is 10.1 Å². The minimum absolute atomic E-state index is 0.177. The lowest BCUT2D eigenvalue weighted by atomic mass is 9.81. The van der Waals surface area contributed by atoms with Crippen molar-refractivity contribution in [3.8, 4) is 22.9 Å². The number of aromatic nitrogens is 4. The molecular formula is C34H36FN5O3S. The monoisotopic (exact) mass is 613 g/mol. The topological polar surface area (TPSA) is 83.2 Å². The zero-order valence-corrected chi connectivity index (χ0v) is 26.7. The van der Waals surface area contributed by atoms with Gasteiger partial charge in [0.25, 0.3) is 0 Å². The van der Waals surface area contributed by atoms with Crippen molar-refractivity contribution in [2.45, 2.75) is 49.9 Å². The third kappa shape index (κ3) is 6.07. The maximum Gasteiger partial charge on any atom is 0.240 e. The second-order valence-electron chi connectivity index (χ2n) is 11.4. The third-order valence-electron chi connectivity index (χ3n) is 7.68. The van der Waals surface area contributed by atoms with Crippen LogP contribution in [0.15, 0.2) is 90.5 Å². The number of ether oxygens (including phenoxy) is 2. The van der Waals surface area contributed by atoms with Crippen LogP contribution in [0, 0.1) is 12.7 Å². The molecule has 0 fully saturated rings. The molecule has 228 valence electrons. The number of methoxy groups -OCH3 is 2. The van der Waals surface area contributed by atoms with E-state index in [4.69, 9.17) is 14.5 Å². The lowest BCUT2D eigenvalue weighted by molar-refractivity contribution is -0.117. The molecule has 0 saturated heterocycles. The van der Waals surface area contributed by atoms with E-state index in [9.17, 15) is 9.18 Å². The van der Waals surface area contributed by atoms with Crippen molar-refractivity contribution in [1.29, 1.82) is 0 Å². The van der Waals surface area contributed by atoms with Crippen molar-refractivity contribution in [2.24, 2.45) is 0 Å². The number of halogens is 1. The van der Waals surface area contributed by atoms with Gasteiger partial charge in [-0.15, -0.1) is 0 Å². The number of rotatable bonds is 10. The van der Waals surface area contributed by atoms with Crippen LogP contribution in [-0.4, -0.2) is 44.0 Å². The summed E-state index contributed by atoms with van der Waals surface area (Å²) < 4.78 is 28.0. The van der Waals surface area contributed by atoms with Gasteiger partial charge in [0.05, 0.1) is 30.9 Å².